The summed E-state index contributed by atoms with van der Waals surface area (Å²) in [5, 5.41) is 7.30. The highest BCUT2D eigenvalue weighted by atomic mass is 16.2. The van der Waals surface area contributed by atoms with Crippen LogP contribution in [0.1, 0.15) is 52.4 Å². The molecule has 1 saturated heterocycles. The largest absolute Gasteiger partial charge is 0.348 e. The van der Waals surface area contributed by atoms with Crippen molar-refractivity contribution >= 4 is 11.8 Å². The summed E-state index contributed by atoms with van der Waals surface area (Å²) in [6, 6.07) is 2.15. The number of carbonyl (C=O) groups is 2. The van der Waals surface area contributed by atoms with E-state index >= 15 is 0 Å². The predicted octanol–water partition coefficient (Wildman–Crippen LogP) is 0.793. The molecule has 1 aliphatic carbocycles. The smallest absolute Gasteiger partial charge is 0.335 e. The van der Waals surface area contributed by atoms with Crippen LogP contribution in [0.3, 0.4) is 0 Å². The molecule has 1 saturated carbocycles. The number of piperidine rings is 1. The lowest BCUT2D eigenvalue weighted by molar-refractivity contribution is -0.132. The number of likely N-dealkylation sites (tertiary alicyclic amines) is 1. The summed E-state index contributed by atoms with van der Waals surface area (Å²) >= 11 is 0. The number of aromatic nitrogens is 4. The molecule has 2 bridgehead atoms. The molecule has 158 valence electrons. The molecule has 0 radical (unpaired) electrons. The third kappa shape index (κ3) is 3.12. The molecule has 5 rings (SSSR count). The Morgan fingerprint density at radius 3 is 2.80 bits per heavy atom. The number of hydrogen-bond donors (Lipinski definition) is 1. The zero-order chi connectivity index (χ0) is 21.0. The van der Waals surface area contributed by atoms with Crippen molar-refractivity contribution in [1.29, 1.82) is 0 Å². The number of fused-ring (bicyclic) bond motifs is 3. The SMILES string of the molecule is Cc1cc(C)n(CC(=O)N2CCc3c(C(=O)N4C[C@H]5CC[C@H]4C5)n[nH]c3C2)c(=O)n1. The van der Waals surface area contributed by atoms with Crippen molar-refractivity contribution in [3.63, 3.8) is 0 Å². The van der Waals surface area contributed by atoms with Crippen molar-refractivity contribution in [2.75, 3.05) is 13.1 Å². The van der Waals surface area contributed by atoms with Crippen molar-refractivity contribution in [2.45, 2.75) is 58.7 Å². The first kappa shape index (κ1) is 19.0. The third-order valence-corrected chi connectivity index (χ3v) is 6.80. The van der Waals surface area contributed by atoms with Crippen molar-refractivity contribution in [3.8, 4) is 0 Å². The number of amides is 2. The molecule has 9 nitrogen and oxygen atoms in total. The van der Waals surface area contributed by atoms with Gasteiger partial charge in [-0.25, -0.2) is 4.79 Å². The second kappa shape index (κ2) is 7.07. The number of hydrogen-bond acceptors (Lipinski definition) is 5. The molecule has 0 unspecified atom stereocenters. The van der Waals surface area contributed by atoms with Crippen LogP contribution in [0.2, 0.25) is 0 Å². The molecule has 3 aliphatic rings. The molecule has 2 amide bonds. The maximum atomic E-state index is 13.0. The summed E-state index contributed by atoms with van der Waals surface area (Å²) in [5.41, 5.74) is 3.20. The first-order valence-electron chi connectivity index (χ1n) is 10.6. The van der Waals surface area contributed by atoms with Crippen molar-refractivity contribution in [1.82, 2.24) is 29.5 Å². The molecule has 1 N–H and O–H groups in total. The lowest BCUT2D eigenvalue weighted by Crippen LogP contribution is -2.41. The Hall–Kier alpha value is -2.97. The van der Waals surface area contributed by atoms with Gasteiger partial charge in [-0.15, -0.1) is 0 Å². The van der Waals surface area contributed by atoms with Crippen LogP contribution in [0.15, 0.2) is 10.9 Å². The quantitative estimate of drug-likeness (QED) is 0.806. The number of nitrogens with zero attached hydrogens (tertiary/aromatic N) is 5. The average Bonchev–Trinajstić information content (AvgIpc) is 3.44. The first-order valence-corrected chi connectivity index (χ1v) is 10.6. The molecule has 2 fully saturated rings. The maximum Gasteiger partial charge on any atom is 0.348 e. The van der Waals surface area contributed by atoms with Crippen LogP contribution in [0.5, 0.6) is 0 Å². The van der Waals surface area contributed by atoms with Crippen molar-refractivity contribution in [2.24, 2.45) is 5.92 Å². The zero-order valence-electron chi connectivity index (χ0n) is 17.3. The van der Waals surface area contributed by atoms with E-state index in [9.17, 15) is 14.4 Å². The van der Waals surface area contributed by atoms with Crippen LogP contribution in [0.25, 0.3) is 0 Å². The Morgan fingerprint density at radius 1 is 1.27 bits per heavy atom. The van der Waals surface area contributed by atoms with Gasteiger partial charge in [-0.2, -0.15) is 10.1 Å². The normalized spacial score (nSPS) is 22.5. The second-order valence-electron chi connectivity index (χ2n) is 8.79. The van der Waals surface area contributed by atoms with Gasteiger partial charge in [0.15, 0.2) is 5.69 Å². The summed E-state index contributed by atoms with van der Waals surface area (Å²) < 4.78 is 1.40. The van der Waals surface area contributed by atoms with E-state index in [1.54, 1.807) is 24.8 Å². The highest BCUT2D eigenvalue weighted by Crippen LogP contribution is 2.38. The molecule has 2 aliphatic heterocycles. The Morgan fingerprint density at radius 2 is 2.10 bits per heavy atom. The van der Waals surface area contributed by atoms with Crippen LogP contribution in [0.4, 0.5) is 0 Å². The fourth-order valence-corrected chi connectivity index (χ4v) is 5.22. The van der Waals surface area contributed by atoms with Gasteiger partial charge in [0.2, 0.25) is 5.91 Å². The number of aryl methyl sites for hydroxylation is 2. The van der Waals surface area contributed by atoms with Gasteiger partial charge in [-0.05, 0) is 51.5 Å². The zero-order valence-corrected chi connectivity index (χ0v) is 17.3. The maximum absolute atomic E-state index is 13.0. The molecule has 9 heteroatoms. The monoisotopic (exact) mass is 410 g/mol. The van der Waals surface area contributed by atoms with E-state index in [0.29, 0.717) is 48.6 Å². The van der Waals surface area contributed by atoms with Gasteiger partial charge >= 0.3 is 5.69 Å². The van der Waals surface area contributed by atoms with E-state index in [4.69, 9.17) is 0 Å². The van der Waals surface area contributed by atoms with Crippen LogP contribution in [-0.2, 0) is 24.3 Å². The van der Waals surface area contributed by atoms with E-state index in [1.165, 1.54) is 11.0 Å². The Bertz CT molecular complexity index is 1090. The minimum absolute atomic E-state index is 0.0207. The van der Waals surface area contributed by atoms with Gasteiger partial charge in [0.05, 0.1) is 12.2 Å². The van der Waals surface area contributed by atoms with Crippen LogP contribution in [0, 0.1) is 19.8 Å². The topological polar surface area (TPSA) is 104 Å². The van der Waals surface area contributed by atoms with Crippen LogP contribution < -0.4 is 5.69 Å². The first-order chi connectivity index (χ1) is 14.4. The molecule has 0 aromatic carbocycles. The predicted molar refractivity (Wildman–Crippen MR) is 108 cm³/mol. The van der Waals surface area contributed by atoms with Crippen molar-refractivity contribution in [3.05, 3.63) is 44.9 Å². The number of carbonyl (C=O) groups excluding carboxylic acids is 2. The number of rotatable bonds is 3. The Balaban J connectivity index is 1.30. The molecule has 2 aromatic heterocycles. The summed E-state index contributed by atoms with van der Waals surface area (Å²) in [6.45, 7) is 5.24. The lowest BCUT2D eigenvalue weighted by atomic mass is 10.0. The van der Waals surface area contributed by atoms with E-state index in [2.05, 4.69) is 15.2 Å². The highest BCUT2D eigenvalue weighted by molar-refractivity contribution is 5.94. The van der Waals surface area contributed by atoms with Gasteiger partial charge in [-0.1, -0.05) is 0 Å². The molecular formula is C21H26N6O3. The van der Waals surface area contributed by atoms with Crippen LogP contribution >= 0.6 is 0 Å². The van der Waals surface area contributed by atoms with E-state index in [-0.39, 0.29) is 18.4 Å². The van der Waals surface area contributed by atoms with E-state index in [1.807, 2.05) is 4.90 Å². The van der Waals surface area contributed by atoms with Gasteiger partial charge < -0.3 is 9.80 Å². The number of nitrogens with one attached hydrogen (secondary N) is 1. The molecule has 2 aromatic rings. The van der Waals surface area contributed by atoms with E-state index < -0.39 is 5.69 Å². The summed E-state index contributed by atoms with van der Waals surface area (Å²) in [4.78, 5) is 45.7. The summed E-state index contributed by atoms with van der Waals surface area (Å²) in [5.74, 6) is 0.521. The molecule has 2 atom stereocenters. The molecule has 4 heterocycles. The number of H-pyrrole nitrogens is 1. The summed E-state index contributed by atoms with van der Waals surface area (Å²) in [6.07, 6.45) is 4.02. The minimum Gasteiger partial charge on any atom is -0.335 e. The molecular weight excluding hydrogens is 384 g/mol. The highest BCUT2D eigenvalue weighted by Gasteiger charge is 2.42. The average molecular weight is 410 g/mol. The van der Waals surface area contributed by atoms with Gasteiger partial charge in [0.1, 0.15) is 6.54 Å². The molecule has 0 spiro atoms. The molecule has 30 heavy (non-hydrogen) atoms. The Labute approximate surface area is 174 Å². The second-order valence-corrected chi connectivity index (χ2v) is 8.79. The van der Waals surface area contributed by atoms with E-state index in [0.717, 1.165) is 30.6 Å². The van der Waals surface area contributed by atoms with Crippen molar-refractivity contribution < 1.29 is 9.59 Å². The minimum atomic E-state index is -0.409. The van der Waals surface area contributed by atoms with Gasteiger partial charge in [-0.3, -0.25) is 19.3 Å². The Kier molecular flexibility index (Phi) is 4.48. The fraction of sp³-hybridized carbons (Fsp3) is 0.571. The number of aromatic amines is 1. The summed E-state index contributed by atoms with van der Waals surface area (Å²) in [7, 11) is 0. The fourth-order valence-electron chi connectivity index (χ4n) is 5.22. The van der Waals surface area contributed by atoms with Gasteiger partial charge in [0.25, 0.3) is 5.91 Å². The lowest BCUT2D eigenvalue weighted by Gasteiger charge is -2.29. The standard InChI is InChI=1S/C21H26N6O3/c1-12-7-13(2)26(21(30)22-12)11-18(28)25-6-5-16-17(10-25)23-24-19(16)20(29)27-9-14-3-4-15(27)8-14/h7,14-15H,3-6,8-11H2,1-2H3,(H,23,24)/t14-,15-/m0/s1. The van der Waals surface area contributed by atoms with Crippen LogP contribution in [-0.4, -0.2) is 60.5 Å². The van der Waals surface area contributed by atoms with Gasteiger partial charge in [0, 0.05) is 36.1 Å². The third-order valence-electron chi connectivity index (χ3n) is 6.80.